The summed E-state index contributed by atoms with van der Waals surface area (Å²) in [4.78, 5) is 16.5. The molecule has 0 spiro atoms. The summed E-state index contributed by atoms with van der Waals surface area (Å²) in [6.45, 7) is 1.86. The van der Waals surface area contributed by atoms with Crippen molar-refractivity contribution in [2.24, 2.45) is 0 Å². The fraction of sp³-hybridized carbons (Fsp3) is 0.350. The van der Waals surface area contributed by atoms with Crippen LogP contribution in [0.1, 0.15) is 5.56 Å². The zero-order valence-electron chi connectivity index (χ0n) is 16.4. The van der Waals surface area contributed by atoms with E-state index < -0.39 is 10.0 Å². The second kappa shape index (κ2) is 9.51. The molecule has 2 aromatic carbocycles. The van der Waals surface area contributed by atoms with Crippen LogP contribution in [-0.2, 0) is 21.4 Å². The van der Waals surface area contributed by atoms with Crippen molar-refractivity contribution in [2.45, 2.75) is 6.54 Å². The molecule has 3 rings (SSSR count). The molecule has 1 saturated heterocycles. The Bertz CT molecular complexity index is 1010. The number of halogens is 3. The average molecular weight is 474 g/mol. The molecular weight excluding hydrogens is 452 g/mol. The predicted octanol–water partition coefficient (Wildman–Crippen LogP) is 3.24. The van der Waals surface area contributed by atoms with Crippen molar-refractivity contribution in [2.75, 3.05) is 43.9 Å². The SMILES string of the molecule is CS(=O)(=O)N(CC(=O)N1CCN(c2ccc(F)cc2)CC1)Cc1ccc(Cl)c(Cl)c1. The molecule has 0 N–H and O–H groups in total. The maximum Gasteiger partial charge on any atom is 0.238 e. The number of carbonyl (C=O) groups excluding carboxylic acids is 1. The Morgan fingerprint density at radius 1 is 1.03 bits per heavy atom. The van der Waals surface area contributed by atoms with Gasteiger partial charge in [0.2, 0.25) is 15.9 Å². The minimum Gasteiger partial charge on any atom is -0.368 e. The van der Waals surface area contributed by atoms with Crippen LogP contribution < -0.4 is 4.90 Å². The van der Waals surface area contributed by atoms with Crippen LogP contribution >= 0.6 is 23.2 Å². The summed E-state index contributed by atoms with van der Waals surface area (Å²) in [6, 6.07) is 11.1. The van der Waals surface area contributed by atoms with Crippen LogP contribution in [0.5, 0.6) is 0 Å². The van der Waals surface area contributed by atoms with Crippen LogP contribution in [0.25, 0.3) is 0 Å². The predicted molar refractivity (Wildman–Crippen MR) is 117 cm³/mol. The first-order valence-corrected chi connectivity index (χ1v) is 11.9. The first-order valence-electron chi connectivity index (χ1n) is 9.31. The van der Waals surface area contributed by atoms with Gasteiger partial charge in [-0.1, -0.05) is 29.3 Å². The van der Waals surface area contributed by atoms with E-state index in [9.17, 15) is 17.6 Å². The van der Waals surface area contributed by atoms with Crippen LogP contribution in [0.2, 0.25) is 10.0 Å². The van der Waals surface area contributed by atoms with Gasteiger partial charge in [0.25, 0.3) is 0 Å². The Hall–Kier alpha value is -1.87. The van der Waals surface area contributed by atoms with Crippen LogP contribution in [0.15, 0.2) is 42.5 Å². The van der Waals surface area contributed by atoms with Crippen LogP contribution in [0.4, 0.5) is 10.1 Å². The Morgan fingerprint density at radius 3 is 2.23 bits per heavy atom. The lowest BCUT2D eigenvalue weighted by Gasteiger charge is -2.36. The summed E-state index contributed by atoms with van der Waals surface area (Å²) in [6.07, 6.45) is 1.07. The number of anilines is 1. The van der Waals surface area contributed by atoms with E-state index >= 15 is 0 Å². The third kappa shape index (κ3) is 5.85. The van der Waals surface area contributed by atoms with Gasteiger partial charge in [0, 0.05) is 38.4 Å². The Balaban J connectivity index is 1.62. The van der Waals surface area contributed by atoms with E-state index in [1.54, 1.807) is 35.2 Å². The summed E-state index contributed by atoms with van der Waals surface area (Å²) in [5, 5.41) is 0.701. The van der Waals surface area contributed by atoms with Gasteiger partial charge in [0.1, 0.15) is 5.82 Å². The van der Waals surface area contributed by atoms with Gasteiger partial charge in [-0.3, -0.25) is 4.79 Å². The third-order valence-corrected chi connectivity index (χ3v) is 6.88. The molecule has 0 saturated carbocycles. The van der Waals surface area contributed by atoms with Crippen LogP contribution in [-0.4, -0.2) is 62.5 Å². The van der Waals surface area contributed by atoms with E-state index in [0.717, 1.165) is 16.2 Å². The van der Waals surface area contributed by atoms with E-state index in [4.69, 9.17) is 23.2 Å². The highest BCUT2D eigenvalue weighted by Gasteiger charge is 2.26. The maximum atomic E-state index is 13.1. The molecule has 0 aliphatic carbocycles. The van der Waals surface area contributed by atoms with Crippen molar-refractivity contribution in [3.05, 3.63) is 63.9 Å². The zero-order valence-corrected chi connectivity index (χ0v) is 18.7. The van der Waals surface area contributed by atoms with Crippen LogP contribution in [0.3, 0.4) is 0 Å². The molecule has 0 radical (unpaired) electrons. The summed E-state index contributed by atoms with van der Waals surface area (Å²) in [7, 11) is -3.61. The maximum absolute atomic E-state index is 13.1. The number of hydrogen-bond acceptors (Lipinski definition) is 4. The molecular formula is C20H22Cl2FN3O3S. The molecule has 2 aromatic rings. The van der Waals surface area contributed by atoms with Crippen LogP contribution in [0, 0.1) is 5.82 Å². The van der Waals surface area contributed by atoms with Gasteiger partial charge in [0.15, 0.2) is 0 Å². The molecule has 1 aliphatic rings. The van der Waals surface area contributed by atoms with E-state index in [2.05, 4.69) is 4.90 Å². The number of amides is 1. The lowest BCUT2D eigenvalue weighted by atomic mass is 10.2. The minimum atomic E-state index is -3.61. The highest BCUT2D eigenvalue weighted by molar-refractivity contribution is 7.88. The van der Waals surface area contributed by atoms with Gasteiger partial charge in [-0.15, -0.1) is 0 Å². The van der Waals surface area contributed by atoms with Gasteiger partial charge in [-0.25, -0.2) is 12.8 Å². The van der Waals surface area contributed by atoms with E-state index in [0.29, 0.717) is 41.8 Å². The standard InChI is InChI=1S/C20H22Cl2FN3O3S/c1-30(28,29)26(13-15-2-7-18(21)19(22)12-15)14-20(27)25-10-8-24(9-11-25)17-5-3-16(23)4-6-17/h2-7,12H,8-11,13-14H2,1H3. The van der Waals surface area contributed by atoms with Gasteiger partial charge in [-0.2, -0.15) is 4.31 Å². The first kappa shape index (κ1) is 22.8. The molecule has 6 nitrogen and oxygen atoms in total. The Kier molecular flexibility index (Phi) is 7.23. The Labute approximate surface area is 185 Å². The van der Waals surface area contributed by atoms with Crippen molar-refractivity contribution in [1.29, 1.82) is 0 Å². The lowest BCUT2D eigenvalue weighted by Crippen LogP contribution is -2.51. The highest BCUT2D eigenvalue weighted by Crippen LogP contribution is 2.24. The molecule has 10 heteroatoms. The molecule has 1 amide bonds. The van der Waals surface area contributed by atoms with E-state index in [-0.39, 0.29) is 24.8 Å². The number of rotatable bonds is 6. The molecule has 1 fully saturated rings. The summed E-state index contributed by atoms with van der Waals surface area (Å²) >= 11 is 11.9. The molecule has 0 bridgehead atoms. The van der Waals surface area contributed by atoms with Crippen molar-refractivity contribution in [3.8, 4) is 0 Å². The number of nitrogens with zero attached hydrogens (tertiary/aromatic N) is 3. The first-order chi connectivity index (χ1) is 14.1. The molecule has 0 atom stereocenters. The molecule has 1 heterocycles. The topological polar surface area (TPSA) is 60.9 Å². The monoisotopic (exact) mass is 473 g/mol. The summed E-state index contributed by atoms with van der Waals surface area (Å²) < 4.78 is 38.7. The number of hydrogen-bond donors (Lipinski definition) is 0. The van der Waals surface area contributed by atoms with Gasteiger partial charge < -0.3 is 9.80 Å². The average Bonchev–Trinajstić information content (AvgIpc) is 2.70. The summed E-state index contributed by atoms with van der Waals surface area (Å²) in [5.74, 6) is -0.561. The normalized spacial score (nSPS) is 15.0. The fourth-order valence-corrected chi connectivity index (χ4v) is 4.30. The van der Waals surface area contributed by atoms with E-state index in [1.165, 1.54) is 12.1 Å². The van der Waals surface area contributed by atoms with E-state index in [1.807, 2.05) is 0 Å². The minimum absolute atomic E-state index is 0.0248. The number of sulfonamides is 1. The lowest BCUT2D eigenvalue weighted by molar-refractivity contribution is -0.131. The van der Waals surface area contributed by atoms with Crippen molar-refractivity contribution >= 4 is 44.8 Å². The molecule has 162 valence electrons. The summed E-state index contributed by atoms with van der Waals surface area (Å²) in [5.41, 5.74) is 1.53. The number of piperazine rings is 1. The molecule has 0 aromatic heterocycles. The zero-order chi connectivity index (χ0) is 21.9. The Morgan fingerprint density at radius 2 is 1.67 bits per heavy atom. The fourth-order valence-electron chi connectivity index (χ4n) is 3.25. The van der Waals surface area contributed by atoms with Gasteiger partial charge in [-0.05, 0) is 42.0 Å². The largest absolute Gasteiger partial charge is 0.368 e. The van der Waals surface area contributed by atoms with Crippen molar-refractivity contribution in [1.82, 2.24) is 9.21 Å². The van der Waals surface area contributed by atoms with Gasteiger partial charge in [0.05, 0.1) is 22.8 Å². The number of carbonyl (C=O) groups is 1. The highest BCUT2D eigenvalue weighted by atomic mass is 35.5. The molecule has 1 aliphatic heterocycles. The quantitative estimate of drug-likeness (QED) is 0.645. The smallest absolute Gasteiger partial charge is 0.238 e. The van der Waals surface area contributed by atoms with Crippen molar-refractivity contribution in [3.63, 3.8) is 0 Å². The van der Waals surface area contributed by atoms with Gasteiger partial charge >= 0.3 is 0 Å². The van der Waals surface area contributed by atoms with Crippen molar-refractivity contribution < 1.29 is 17.6 Å². The third-order valence-electron chi connectivity index (χ3n) is 4.95. The molecule has 0 unspecified atom stereocenters. The number of benzene rings is 2. The second-order valence-electron chi connectivity index (χ2n) is 7.12. The molecule has 30 heavy (non-hydrogen) atoms. The second-order valence-corrected chi connectivity index (χ2v) is 9.92.